The summed E-state index contributed by atoms with van der Waals surface area (Å²) in [5, 5.41) is 0. The monoisotopic (exact) mass is 304 g/mol. The zero-order valence-electron chi connectivity index (χ0n) is 10.8. The predicted octanol–water partition coefficient (Wildman–Crippen LogP) is 3.41. The Morgan fingerprint density at radius 3 is 2.29 bits per heavy atom. The van der Waals surface area contributed by atoms with Crippen molar-refractivity contribution < 1.29 is 14.3 Å². The van der Waals surface area contributed by atoms with Crippen molar-refractivity contribution in [2.75, 3.05) is 6.61 Å². The first-order valence-electron chi connectivity index (χ1n) is 5.80. The van der Waals surface area contributed by atoms with Gasteiger partial charge in [0.1, 0.15) is 5.78 Å². The molecule has 0 heterocycles. The quantitative estimate of drug-likeness (QED) is 0.299. The Kier molecular flexibility index (Phi) is 7.35. The number of ketones is 1. The Morgan fingerprint density at radius 2 is 1.82 bits per heavy atom. The van der Waals surface area contributed by atoms with Crippen LogP contribution < -0.4 is 0 Å². The van der Waals surface area contributed by atoms with Gasteiger partial charge >= 0.3 is 5.97 Å². The molecule has 17 heavy (non-hydrogen) atoms. The molecule has 0 atom stereocenters. The second-order valence-electron chi connectivity index (χ2n) is 4.62. The second kappa shape index (κ2) is 7.64. The molecule has 0 fully saturated rings. The van der Waals surface area contributed by atoms with Crippen molar-refractivity contribution in [1.82, 2.24) is 0 Å². The molecule has 0 unspecified atom stereocenters. The summed E-state index contributed by atoms with van der Waals surface area (Å²) in [6.45, 7) is 9.22. The molecule has 0 saturated carbocycles. The number of halogens is 1. The van der Waals surface area contributed by atoms with Gasteiger partial charge in [-0.05, 0) is 40.0 Å². The third-order valence-corrected chi connectivity index (χ3v) is 2.74. The van der Waals surface area contributed by atoms with Crippen LogP contribution in [0.25, 0.3) is 0 Å². The molecular formula is C13H21BrO3. The first kappa shape index (κ1) is 16.4. The third kappa shape index (κ3) is 8.13. The molecule has 0 aliphatic carbocycles. The normalized spacial score (nSPS) is 11.1. The average Bonchev–Trinajstić information content (AvgIpc) is 2.20. The Labute approximate surface area is 112 Å². The van der Waals surface area contributed by atoms with Crippen LogP contribution in [-0.4, -0.2) is 22.7 Å². The SMILES string of the molecule is C=C(C)C(=O)OCCCCCC(=O)C(C)(C)Br. The summed E-state index contributed by atoms with van der Waals surface area (Å²) in [4.78, 5) is 22.6. The van der Waals surface area contributed by atoms with Gasteiger partial charge in [0, 0.05) is 12.0 Å². The summed E-state index contributed by atoms with van der Waals surface area (Å²) in [7, 11) is 0. The van der Waals surface area contributed by atoms with E-state index in [1.54, 1.807) is 6.92 Å². The molecule has 0 bridgehead atoms. The van der Waals surface area contributed by atoms with Gasteiger partial charge in [0.05, 0.1) is 10.9 Å². The van der Waals surface area contributed by atoms with E-state index in [4.69, 9.17) is 4.74 Å². The van der Waals surface area contributed by atoms with E-state index in [2.05, 4.69) is 22.5 Å². The van der Waals surface area contributed by atoms with E-state index >= 15 is 0 Å². The van der Waals surface area contributed by atoms with E-state index < -0.39 is 4.32 Å². The Bertz CT molecular complexity index is 290. The maximum absolute atomic E-state index is 11.6. The molecule has 3 nitrogen and oxygen atoms in total. The zero-order chi connectivity index (χ0) is 13.5. The van der Waals surface area contributed by atoms with Crippen LogP contribution in [-0.2, 0) is 14.3 Å². The lowest BCUT2D eigenvalue weighted by Crippen LogP contribution is -2.23. The maximum atomic E-state index is 11.6. The topological polar surface area (TPSA) is 43.4 Å². The van der Waals surface area contributed by atoms with Crippen LogP contribution in [0.3, 0.4) is 0 Å². The molecule has 0 spiro atoms. The Morgan fingerprint density at radius 1 is 1.24 bits per heavy atom. The average molecular weight is 305 g/mol. The lowest BCUT2D eigenvalue weighted by molar-refractivity contribution is -0.139. The molecule has 0 saturated heterocycles. The molecule has 0 aromatic carbocycles. The molecule has 0 N–H and O–H groups in total. The summed E-state index contributed by atoms with van der Waals surface area (Å²) in [6, 6.07) is 0. The van der Waals surface area contributed by atoms with E-state index in [9.17, 15) is 9.59 Å². The fourth-order valence-electron chi connectivity index (χ4n) is 1.15. The van der Waals surface area contributed by atoms with Gasteiger partial charge in [-0.15, -0.1) is 0 Å². The van der Waals surface area contributed by atoms with Crippen molar-refractivity contribution in [3.63, 3.8) is 0 Å². The number of carbonyl (C=O) groups excluding carboxylic acids is 2. The van der Waals surface area contributed by atoms with Gasteiger partial charge in [0.15, 0.2) is 0 Å². The minimum absolute atomic E-state index is 0.205. The highest BCUT2D eigenvalue weighted by Gasteiger charge is 2.22. The van der Waals surface area contributed by atoms with Crippen LogP contribution in [0.5, 0.6) is 0 Å². The largest absolute Gasteiger partial charge is 0.462 e. The minimum Gasteiger partial charge on any atom is -0.462 e. The van der Waals surface area contributed by atoms with E-state index in [0.717, 1.165) is 19.3 Å². The molecule has 0 aliphatic heterocycles. The van der Waals surface area contributed by atoms with Crippen molar-refractivity contribution in [3.05, 3.63) is 12.2 Å². The molecule has 0 amide bonds. The zero-order valence-corrected chi connectivity index (χ0v) is 12.4. The van der Waals surface area contributed by atoms with Gasteiger partial charge < -0.3 is 4.74 Å². The minimum atomic E-state index is -0.431. The highest BCUT2D eigenvalue weighted by atomic mass is 79.9. The van der Waals surface area contributed by atoms with Gasteiger partial charge in [-0.1, -0.05) is 22.5 Å². The van der Waals surface area contributed by atoms with Gasteiger partial charge in [-0.25, -0.2) is 4.79 Å². The highest BCUT2D eigenvalue weighted by molar-refractivity contribution is 9.10. The van der Waals surface area contributed by atoms with Crippen molar-refractivity contribution in [1.29, 1.82) is 0 Å². The van der Waals surface area contributed by atoms with Crippen LogP contribution >= 0.6 is 15.9 Å². The molecule has 4 heteroatoms. The maximum Gasteiger partial charge on any atom is 0.333 e. The van der Waals surface area contributed by atoms with Crippen LogP contribution in [0.2, 0.25) is 0 Å². The summed E-state index contributed by atoms with van der Waals surface area (Å²) in [5.74, 6) is -0.140. The van der Waals surface area contributed by atoms with E-state index in [0.29, 0.717) is 18.6 Å². The van der Waals surface area contributed by atoms with Gasteiger partial charge in [0.2, 0.25) is 0 Å². The van der Waals surface area contributed by atoms with Crippen LogP contribution in [0.4, 0.5) is 0 Å². The highest BCUT2D eigenvalue weighted by Crippen LogP contribution is 2.20. The molecular weight excluding hydrogens is 284 g/mol. The number of Topliss-reactive ketones (excluding diaryl/α,β-unsaturated/α-hetero) is 1. The number of hydrogen-bond donors (Lipinski definition) is 0. The third-order valence-electron chi connectivity index (χ3n) is 2.29. The first-order chi connectivity index (χ1) is 7.75. The predicted molar refractivity (Wildman–Crippen MR) is 72.3 cm³/mol. The van der Waals surface area contributed by atoms with Crippen molar-refractivity contribution in [2.45, 2.75) is 50.8 Å². The molecule has 0 radical (unpaired) electrons. The Balaban J connectivity index is 3.51. The lowest BCUT2D eigenvalue weighted by Gasteiger charge is -2.13. The number of alkyl halides is 1. The number of carbonyl (C=O) groups is 2. The number of hydrogen-bond acceptors (Lipinski definition) is 3. The summed E-state index contributed by atoms with van der Waals surface area (Å²) >= 11 is 3.33. The number of unbranched alkanes of at least 4 members (excludes halogenated alkanes) is 2. The van der Waals surface area contributed by atoms with Crippen LogP contribution in [0.15, 0.2) is 12.2 Å². The van der Waals surface area contributed by atoms with Crippen molar-refractivity contribution in [2.24, 2.45) is 0 Å². The number of esters is 1. The van der Waals surface area contributed by atoms with E-state index in [1.165, 1.54) is 0 Å². The van der Waals surface area contributed by atoms with Crippen LogP contribution in [0.1, 0.15) is 46.5 Å². The number of ether oxygens (including phenoxy) is 1. The van der Waals surface area contributed by atoms with Crippen LogP contribution in [0, 0.1) is 0 Å². The molecule has 98 valence electrons. The first-order valence-corrected chi connectivity index (χ1v) is 6.59. The lowest BCUT2D eigenvalue weighted by atomic mass is 10.0. The van der Waals surface area contributed by atoms with Crippen molar-refractivity contribution >= 4 is 27.7 Å². The van der Waals surface area contributed by atoms with Crippen molar-refractivity contribution in [3.8, 4) is 0 Å². The fourth-order valence-corrected chi connectivity index (χ4v) is 1.35. The second-order valence-corrected chi connectivity index (χ2v) is 6.61. The molecule has 0 aliphatic rings. The fraction of sp³-hybridized carbons (Fsp3) is 0.692. The summed E-state index contributed by atoms with van der Waals surface area (Å²) < 4.78 is 4.51. The Hall–Kier alpha value is -0.640. The standard InChI is InChI=1S/C13H21BrO3/c1-10(2)12(16)17-9-7-5-6-8-11(15)13(3,4)14/h1,5-9H2,2-4H3. The van der Waals surface area contributed by atoms with E-state index in [-0.39, 0.29) is 11.8 Å². The van der Waals surface area contributed by atoms with Gasteiger partial charge in [-0.3, -0.25) is 4.79 Å². The molecule has 0 rings (SSSR count). The van der Waals surface area contributed by atoms with Gasteiger partial charge in [0.25, 0.3) is 0 Å². The van der Waals surface area contributed by atoms with E-state index in [1.807, 2.05) is 13.8 Å². The van der Waals surface area contributed by atoms with Gasteiger partial charge in [-0.2, -0.15) is 0 Å². The molecule has 0 aromatic rings. The molecule has 0 aromatic heterocycles. The number of rotatable bonds is 8. The smallest absolute Gasteiger partial charge is 0.333 e. The summed E-state index contributed by atoms with van der Waals surface area (Å²) in [6.07, 6.45) is 3.07. The summed E-state index contributed by atoms with van der Waals surface area (Å²) in [5.41, 5.74) is 0.418.